The molecule has 1 aliphatic rings. The van der Waals surface area contributed by atoms with E-state index in [1.165, 1.54) is 31.4 Å². The first kappa shape index (κ1) is 13.1. The van der Waals surface area contributed by atoms with Crippen LogP contribution in [0.5, 0.6) is 0 Å². The van der Waals surface area contributed by atoms with Crippen LogP contribution in [-0.2, 0) is 6.54 Å². The van der Waals surface area contributed by atoms with Gasteiger partial charge in [0.05, 0.1) is 0 Å². The minimum absolute atomic E-state index is 0.286. The van der Waals surface area contributed by atoms with Crippen molar-refractivity contribution in [3.63, 3.8) is 0 Å². The summed E-state index contributed by atoms with van der Waals surface area (Å²) in [4.78, 5) is 2.34. The van der Waals surface area contributed by atoms with Crippen molar-refractivity contribution in [2.24, 2.45) is 0 Å². The van der Waals surface area contributed by atoms with Crippen LogP contribution in [0.15, 0.2) is 18.2 Å². The summed E-state index contributed by atoms with van der Waals surface area (Å²) in [6, 6.07) is 5.21. The molecule has 2 rings (SSSR count). The van der Waals surface area contributed by atoms with Gasteiger partial charge in [0.15, 0.2) is 0 Å². The van der Waals surface area contributed by atoms with E-state index >= 15 is 0 Å². The van der Waals surface area contributed by atoms with E-state index in [1.54, 1.807) is 6.07 Å². The van der Waals surface area contributed by atoms with Gasteiger partial charge in [0.2, 0.25) is 0 Å². The molecule has 1 nitrogen and oxygen atoms in total. The molecule has 1 fully saturated rings. The van der Waals surface area contributed by atoms with Gasteiger partial charge < -0.3 is 0 Å². The Morgan fingerprint density at radius 2 is 2.12 bits per heavy atom. The minimum atomic E-state index is -0.286. The van der Waals surface area contributed by atoms with Crippen LogP contribution < -0.4 is 0 Å². The molecule has 17 heavy (non-hydrogen) atoms. The second-order valence-electron chi connectivity index (χ2n) is 4.48. The molecule has 1 aromatic carbocycles. The number of halogens is 3. The molecule has 0 heterocycles. The van der Waals surface area contributed by atoms with Crippen molar-refractivity contribution in [3.8, 4) is 0 Å². The third-order valence-corrected chi connectivity index (χ3v) is 3.87. The van der Waals surface area contributed by atoms with E-state index < -0.39 is 0 Å². The Labute approximate surface area is 112 Å². The summed E-state index contributed by atoms with van der Waals surface area (Å²) in [6.45, 7) is 1.62. The van der Waals surface area contributed by atoms with Gasteiger partial charge in [-0.05, 0) is 30.5 Å². The predicted octanol–water partition coefficient (Wildman–Crippen LogP) is 4.07. The van der Waals surface area contributed by atoms with Gasteiger partial charge in [0, 0.05) is 30.0 Å². The smallest absolute Gasteiger partial charge is 0.124 e. The normalized spacial score (nSPS) is 16.2. The Balaban J connectivity index is 2.05. The van der Waals surface area contributed by atoms with E-state index in [-0.39, 0.29) is 5.82 Å². The molecule has 0 spiro atoms. The van der Waals surface area contributed by atoms with Gasteiger partial charge in [-0.15, -0.1) is 11.6 Å². The van der Waals surface area contributed by atoms with Gasteiger partial charge in [-0.2, -0.15) is 0 Å². The Hall–Kier alpha value is -0.310. The highest BCUT2D eigenvalue weighted by atomic mass is 35.5. The van der Waals surface area contributed by atoms with Crippen molar-refractivity contribution < 1.29 is 4.39 Å². The van der Waals surface area contributed by atoms with Gasteiger partial charge in [-0.1, -0.05) is 24.1 Å². The molecule has 0 atom stereocenters. The number of hydrogen-bond acceptors (Lipinski definition) is 1. The number of alkyl halides is 1. The van der Waals surface area contributed by atoms with Crippen LogP contribution in [0.25, 0.3) is 0 Å². The third-order valence-electron chi connectivity index (χ3n) is 3.35. The molecule has 0 aliphatic heterocycles. The molecule has 0 bridgehead atoms. The van der Waals surface area contributed by atoms with E-state index in [4.69, 9.17) is 23.2 Å². The Kier molecular flexibility index (Phi) is 4.66. The van der Waals surface area contributed by atoms with Crippen molar-refractivity contribution in [2.45, 2.75) is 31.8 Å². The minimum Gasteiger partial charge on any atom is -0.295 e. The summed E-state index contributed by atoms with van der Waals surface area (Å²) in [5, 5.41) is 0.504. The quantitative estimate of drug-likeness (QED) is 0.733. The fourth-order valence-electron chi connectivity index (χ4n) is 2.12. The molecular formula is C13H16Cl2FN. The highest BCUT2D eigenvalue weighted by Crippen LogP contribution is 2.28. The molecule has 0 saturated heterocycles. The Morgan fingerprint density at radius 3 is 2.65 bits per heavy atom. The number of hydrogen-bond donors (Lipinski definition) is 0. The zero-order valence-electron chi connectivity index (χ0n) is 9.63. The second-order valence-corrected chi connectivity index (χ2v) is 5.27. The SMILES string of the molecule is Fc1ccc(CN(CCCl)C2CCC2)c(Cl)c1. The monoisotopic (exact) mass is 275 g/mol. The fraction of sp³-hybridized carbons (Fsp3) is 0.538. The lowest BCUT2D eigenvalue weighted by atomic mass is 9.91. The maximum absolute atomic E-state index is 12.9. The Morgan fingerprint density at radius 1 is 1.35 bits per heavy atom. The maximum atomic E-state index is 12.9. The molecule has 0 unspecified atom stereocenters. The van der Waals surface area contributed by atoms with Gasteiger partial charge in [0.25, 0.3) is 0 Å². The van der Waals surface area contributed by atoms with E-state index in [2.05, 4.69) is 4.90 Å². The number of benzene rings is 1. The maximum Gasteiger partial charge on any atom is 0.124 e. The van der Waals surface area contributed by atoms with Gasteiger partial charge in [-0.25, -0.2) is 4.39 Å². The highest BCUT2D eigenvalue weighted by molar-refractivity contribution is 6.31. The molecule has 4 heteroatoms. The molecular weight excluding hydrogens is 260 g/mol. The summed E-state index contributed by atoms with van der Waals surface area (Å²) in [5.41, 5.74) is 0.977. The molecule has 0 amide bonds. The first-order valence-corrected chi connectivity index (χ1v) is 6.86. The van der Waals surface area contributed by atoms with Crippen LogP contribution in [-0.4, -0.2) is 23.4 Å². The largest absolute Gasteiger partial charge is 0.295 e. The molecule has 94 valence electrons. The first-order valence-electron chi connectivity index (χ1n) is 5.94. The Bertz CT molecular complexity index is 380. The summed E-state index contributed by atoms with van der Waals surface area (Å²) in [6.07, 6.45) is 3.76. The lowest BCUT2D eigenvalue weighted by molar-refractivity contribution is 0.127. The molecule has 1 aromatic rings. The van der Waals surface area contributed by atoms with Crippen molar-refractivity contribution in [1.29, 1.82) is 0 Å². The molecule has 1 aliphatic carbocycles. The van der Waals surface area contributed by atoms with Crippen LogP contribution in [0.2, 0.25) is 5.02 Å². The average Bonchev–Trinajstić information content (AvgIpc) is 2.20. The lowest BCUT2D eigenvalue weighted by Gasteiger charge is -2.37. The van der Waals surface area contributed by atoms with E-state index in [1.807, 2.05) is 0 Å². The van der Waals surface area contributed by atoms with Crippen LogP contribution >= 0.6 is 23.2 Å². The van der Waals surface area contributed by atoms with E-state index in [0.717, 1.165) is 18.7 Å². The standard InChI is InChI=1S/C13H16Cl2FN/c14-6-7-17(12-2-1-3-12)9-10-4-5-11(16)8-13(10)15/h4-5,8,12H,1-3,6-7,9H2. The van der Waals surface area contributed by atoms with Gasteiger partial charge in [-0.3, -0.25) is 4.90 Å². The zero-order chi connectivity index (χ0) is 12.3. The highest BCUT2D eigenvalue weighted by Gasteiger charge is 2.24. The number of nitrogens with zero attached hydrogens (tertiary/aromatic N) is 1. The van der Waals surface area contributed by atoms with Crippen molar-refractivity contribution in [1.82, 2.24) is 4.90 Å². The molecule has 0 aromatic heterocycles. The summed E-state index contributed by atoms with van der Waals surface area (Å²) in [5.74, 6) is 0.335. The van der Waals surface area contributed by atoms with E-state index in [0.29, 0.717) is 16.9 Å². The molecule has 0 radical (unpaired) electrons. The fourth-order valence-corrected chi connectivity index (χ4v) is 2.56. The first-order chi connectivity index (χ1) is 8.20. The summed E-state index contributed by atoms with van der Waals surface area (Å²) >= 11 is 11.9. The average molecular weight is 276 g/mol. The van der Waals surface area contributed by atoms with Crippen LogP contribution in [0.4, 0.5) is 4.39 Å². The van der Waals surface area contributed by atoms with Crippen molar-refractivity contribution in [3.05, 3.63) is 34.6 Å². The topological polar surface area (TPSA) is 3.24 Å². The summed E-state index contributed by atoms with van der Waals surface area (Å²) in [7, 11) is 0. The van der Waals surface area contributed by atoms with Crippen molar-refractivity contribution >= 4 is 23.2 Å². The predicted molar refractivity (Wildman–Crippen MR) is 70.2 cm³/mol. The second kappa shape index (κ2) is 6.03. The van der Waals surface area contributed by atoms with Crippen molar-refractivity contribution in [2.75, 3.05) is 12.4 Å². The number of rotatable bonds is 5. The molecule has 0 N–H and O–H groups in total. The van der Waals surface area contributed by atoms with Gasteiger partial charge in [0.1, 0.15) is 5.82 Å². The molecule has 1 saturated carbocycles. The van der Waals surface area contributed by atoms with Crippen LogP contribution in [0, 0.1) is 5.82 Å². The summed E-state index contributed by atoms with van der Waals surface area (Å²) < 4.78 is 12.9. The zero-order valence-corrected chi connectivity index (χ0v) is 11.1. The van der Waals surface area contributed by atoms with Gasteiger partial charge >= 0.3 is 0 Å². The van der Waals surface area contributed by atoms with Crippen LogP contribution in [0.1, 0.15) is 24.8 Å². The third kappa shape index (κ3) is 3.34. The van der Waals surface area contributed by atoms with E-state index in [9.17, 15) is 4.39 Å². The van der Waals surface area contributed by atoms with Crippen LogP contribution in [0.3, 0.4) is 0 Å². The lowest BCUT2D eigenvalue weighted by Crippen LogP contribution is -2.40.